The van der Waals surface area contributed by atoms with Gasteiger partial charge in [0, 0.05) is 0 Å². The minimum atomic E-state index is -4.54. The summed E-state index contributed by atoms with van der Waals surface area (Å²) in [5, 5.41) is 7.39. The van der Waals surface area contributed by atoms with E-state index in [1.807, 2.05) is 0 Å². The monoisotopic (exact) mass is 335 g/mol. The molecule has 0 rings (SSSR count). The molecule has 0 radical (unpaired) electrons. The Bertz CT molecular complexity index is 177. The van der Waals surface area contributed by atoms with Crippen LogP contribution in [0.2, 0.25) is 0 Å². The summed E-state index contributed by atoms with van der Waals surface area (Å²) in [7, 11) is -4.54. The molecule has 0 aliphatic heterocycles. The maximum atomic E-state index is 9.34. The van der Waals surface area contributed by atoms with Crippen molar-refractivity contribution in [3.8, 4) is 6.26 Å². The van der Waals surface area contributed by atoms with Crippen LogP contribution in [0, 0.1) is 11.5 Å². The first kappa shape index (κ1) is 11.0. The average Bonchev–Trinajstić information content (AvgIpc) is 1.30. The van der Waals surface area contributed by atoms with Gasteiger partial charge < -0.3 is 0 Å². The van der Waals surface area contributed by atoms with Crippen molar-refractivity contribution in [2.45, 2.75) is 0 Å². The molecule has 0 saturated carbocycles. The van der Waals surface area contributed by atoms with E-state index in [1.165, 1.54) is 0 Å². The second-order valence-corrected chi connectivity index (χ2v) is 1.62. The molecule has 0 bridgehead atoms. The third-order valence-corrected chi connectivity index (χ3v) is 0.428. The van der Waals surface area contributed by atoms with Crippen molar-refractivity contribution >= 4 is 36.6 Å². The summed E-state index contributed by atoms with van der Waals surface area (Å²) in [5.41, 5.74) is 0. The molecule has 0 unspecified atom stereocenters. The Hall–Kier alpha value is 0.0831. The van der Waals surface area contributed by atoms with Gasteiger partial charge >= 0.3 is 42.9 Å². The van der Waals surface area contributed by atoms with Crippen molar-refractivity contribution in [3.63, 3.8) is 0 Å². The van der Waals surface area contributed by atoms with Gasteiger partial charge in [-0.05, 0) is 0 Å². The molecule has 0 atom stereocenters. The van der Waals surface area contributed by atoms with Gasteiger partial charge in [-0.25, -0.2) is 0 Å². The Balaban J connectivity index is 0. The van der Waals surface area contributed by atoms with Gasteiger partial charge in [-0.3, -0.25) is 8.74 Å². The summed E-state index contributed by atoms with van der Waals surface area (Å²) in [6.07, 6.45) is 0.770. The van der Waals surface area contributed by atoms with Crippen LogP contribution in [0.15, 0.2) is 0 Å². The zero-order valence-electron chi connectivity index (χ0n) is 3.73. The molecule has 0 aromatic heterocycles. The Morgan fingerprint density at radius 3 is 2.00 bits per heavy atom. The quantitative estimate of drug-likeness (QED) is 0.344. The van der Waals surface area contributed by atoms with Crippen molar-refractivity contribution in [2.24, 2.45) is 0 Å². The van der Waals surface area contributed by atoms with E-state index >= 15 is 0 Å². The van der Waals surface area contributed by atoms with E-state index < -0.39 is 10.4 Å². The third kappa shape index (κ3) is 9.43. The van der Waals surface area contributed by atoms with E-state index in [0.717, 1.165) is 6.26 Å². The zero-order chi connectivity index (χ0) is 5.91. The predicted molar refractivity (Wildman–Crippen MR) is 28.2 cm³/mol. The van der Waals surface area contributed by atoms with Crippen LogP contribution in [0.5, 0.6) is 0 Å². The molecule has 0 spiro atoms. The van der Waals surface area contributed by atoms with E-state index in [9.17, 15) is 8.42 Å². The Morgan fingerprint density at radius 2 is 2.00 bits per heavy atom. The third-order valence-electron chi connectivity index (χ3n) is 0.143. The fourth-order valence-electron chi connectivity index (χ4n) is 0.0471. The van der Waals surface area contributed by atoms with Crippen molar-refractivity contribution in [1.82, 2.24) is 0 Å². The molecule has 0 amide bonds. The van der Waals surface area contributed by atoms with Crippen LogP contribution in [0.4, 0.5) is 0 Å². The summed E-state index contributed by atoms with van der Waals surface area (Å²) in [6, 6.07) is 0. The van der Waals surface area contributed by atoms with E-state index in [1.54, 1.807) is 0 Å². The van der Waals surface area contributed by atoms with Crippen LogP contribution in [-0.4, -0.2) is 39.2 Å². The van der Waals surface area contributed by atoms with Crippen LogP contribution >= 0.6 is 0 Å². The Kier molecular flexibility index (Phi) is 5.50. The number of hydrogen-bond donors (Lipinski definition) is 1. The van der Waals surface area contributed by atoms with Crippen LogP contribution in [0.1, 0.15) is 0 Å². The number of nitriles is 1. The van der Waals surface area contributed by atoms with Gasteiger partial charge in [0.2, 0.25) is 0 Å². The van der Waals surface area contributed by atoms with E-state index in [0.29, 0.717) is 0 Å². The molecule has 48 valence electrons. The molecule has 0 aliphatic rings. The normalized spacial score (nSPS) is 8.50. The first-order valence-electron chi connectivity index (χ1n) is 1.11. The molecule has 0 saturated heterocycles. The summed E-state index contributed by atoms with van der Waals surface area (Å²) in [5.74, 6) is 0. The van der Waals surface area contributed by atoms with E-state index in [2.05, 4.69) is 4.18 Å². The van der Waals surface area contributed by atoms with Gasteiger partial charge in [0.15, 0.2) is 0 Å². The van der Waals surface area contributed by atoms with Gasteiger partial charge in [-0.2, -0.15) is 8.42 Å². The van der Waals surface area contributed by atoms with Crippen molar-refractivity contribution < 1.29 is 17.2 Å². The van der Waals surface area contributed by atoms with E-state index in [-0.39, 0.29) is 26.2 Å². The zero-order valence-corrected chi connectivity index (χ0v) is 10.0. The van der Waals surface area contributed by atoms with Gasteiger partial charge in [0.25, 0.3) is 0 Å². The summed E-state index contributed by atoms with van der Waals surface area (Å²) < 4.78 is 29.3. The molecule has 0 fully saturated rings. The minimum absolute atomic E-state index is 0. The van der Waals surface area contributed by atoms with E-state index in [4.69, 9.17) is 9.81 Å². The molecule has 8 heavy (non-hydrogen) atoms. The summed E-state index contributed by atoms with van der Waals surface area (Å²) in [4.78, 5) is 0. The summed E-state index contributed by atoms with van der Waals surface area (Å²) in [6.45, 7) is 0. The Morgan fingerprint density at radius 1 is 1.62 bits per heavy atom. The predicted octanol–water partition coefficient (Wildman–Crippen LogP) is -1.90. The average molecular weight is 335 g/mol. The van der Waals surface area contributed by atoms with Gasteiger partial charge in [0.1, 0.15) is 0 Å². The fourth-order valence-corrected chi connectivity index (χ4v) is 0.141. The molecule has 7 heteroatoms. The first-order chi connectivity index (χ1) is 3.06. The molecule has 0 aromatic rings. The topological polar surface area (TPSA) is 87.4 Å². The number of nitrogens with zero attached hydrogens (tertiary/aromatic N) is 1. The molecule has 0 aliphatic carbocycles. The van der Waals surface area contributed by atoms with Crippen LogP contribution in [0.3, 0.4) is 0 Å². The molecule has 0 heterocycles. The molecule has 5 nitrogen and oxygen atoms in total. The number of hydrogen-bond acceptors (Lipinski definition) is 4. The fraction of sp³-hybridized carbons (Fsp3) is 0. The second kappa shape index (κ2) is 4.01. The second-order valence-electron chi connectivity index (χ2n) is 0.602. The SMILES string of the molecule is N#COS(=O)(=O)O.[BiH3]. The Labute approximate surface area is 65.3 Å². The molecule has 1 N–H and O–H groups in total. The van der Waals surface area contributed by atoms with Crippen LogP contribution < -0.4 is 0 Å². The van der Waals surface area contributed by atoms with Crippen molar-refractivity contribution in [2.75, 3.05) is 0 Å². The van der Waals surface area contributed by atoms with Crippen molar-refractivity contribution in [1.29, 1.82) is 5.26 Å². The van der Waals surface area contributed by atoms with Crippen molar-refractivity contribution in [3.05, 3.63) is 0 Å². The van der Waals surface area contributed by atoms with Gasteiger partial charge in [0.05, 0.1) is 0 Å². The van der Waals surface area contributed by atoms with Crippen LogP contribution in [-0.2, 0) is 14.6 Å². The summed E-state index contributed by atoms with van der Waals surface area (Å²) >= 11 is 0. The standard InChI is InChI=1S/CHNO4S.Bi.3H/c2-1-6-7(3,4)5;;;;/h(H,3,4,5);;;;. The molecule has 0 aromatic carbocycles. The molecular formula is CH4BiNO4S. The number of rotatable bonds is 1. The van der Waals surface area contributed by atoms with Gasteiger partial charge in [-0.15, -0.1) is 5.26 Å². The molecular weight excluding hydrogens is 331 g/mol. The first-order valence-corrected chi connectivity index (χ1v) is 2.48. The van der Waals surface area contributed by atoms with Gasteiger partial charge in [-0.1, -0.05) is 0 Å². The maximum absolute atomic E-state index is 9.34. The van der Waals surface area contributed by atoms with Crippen LogP contribution in [0.25, 0.3) is 0 Å².